The third-order valence-corrected chi connectivity index (χ3v) is 5.46. The van der Waals surface area contributed by atoms with Crippen LogP contribution in [-0.2, 0) is 10.9 Å². The number of hydrogen-bond donors (Lipinski definition) is 0. The van der Waals surface area contributed by atoms with Gasteiger partial charge >= 0.3 is 0 Å². The number of benzene rings is 3. The zero-order chi connectivity index (χ0) is 19.0. The molecule has 3 rings (SSSR count). The van der Waals surface area contributed by atoms with E-state index in [4.69, 9.17) is 0 Å². The Morgan fingerprint density at radius 2 is 0.731 bits per heavy atom. The van der Waals surface area contributed by atoms with Crippen molar-refractivity contribution in [1.82, 2.24) is 0 Å². The normalized spacial score (nSPS) is 11.2. The van der Waals surface area contributed by atoms with Gasteiger partial charge in [-0.25, -0.2) is 30.7 Å². The number of rotatable bonds is 3. The highest BCUT2D eigenvalue weighted by Gasteiger charge is 2.33. The van der Waals surface area contributed by atoms with Gasteiger partial charge in [0, 0.05) is 48.5 Å². The molecule has 0 nitrogen and oxygen atoms in total. The Hall–Kier alpha value is -2.48. The highest BCUT2D eigenvalue weighted by Crippen LogP contribution is 2.34. The van der Waals surface area contributed by atoms with Crippen LogP contribution >= 0.6 is 0 Å². The molecule has 134 valence electrons. The van der Waals surface area contributed by atoms with Crippen molar-refractivity contribution in [3.8, 4) is 0 Å². The van der Waals surface area contributed by atoms with Crippen molar-refractivity contribution in [1.29, 1.82) is 0 Å². The van der Waals surface area contributed by atoms with Gasteiger partial charge < -0.3 is 0 Å². The number of halogens is 7. The van der Waals surface area contributed by atoms with Crippen LogP contribution in [0.1, 0.15) is 0 Å². The lowest BCUT2D eigenvalue weighted by Gasteiger charge is -2.09. The summed E-state index contributed by atoms with van der Waals surface area (Å²) in [7, 11) is -1.69. The second kappa shape index (κ2) is 7.03. The monoisotopic (exact) mass is 389 g/mol. The molecule has 8 heteroatoms. The van der Waals surface area contributed by atoms with Gasteiger partial charge in [-0.05, 0) is 0 Å². The molecule has 0 aliphatic rings. The van der Waals surface area contributed by atoms with E-state index in [9.17, 15) is 30.7 Å². The Morgan fingerprint density at radius 3 is 1.08 bits per heavy atom. The topological polar surface area (TPSA) is 0 Å². The van der Waals surface area contributed by atoms with Crippen LogP contribution in [0.25, 0.3) is 0 Å². The second-order valence-electron chi connectivity index (χ2n) is 5.22. The predicted molar refractivity (Wildman–Crippen MR) is 81.2 cm³/mol. The van der Waals surface area contributed by atoms with Crippen molar-refractivity contribution in [2.45, 2.75) is 14.7 Å². The molecule has 0 heterocycles. The lowest BCUT2D eigenvalue weighted by Crippen LogP contribution is -2.09. The average Bonchev–Trinajstić information content (AvgIpc) is 2.51. The minimum atomic E-state index is -1.73. The van der Waals surface area contributed by atoms with Gasteiger partial charge in [-0.15, -0.1) is 0 Å². The summed E-state index contributed by atoms with van der Waals surface area (Å²) in [6.45, 7) is 0. The van der Waals surface area contributed by atoms with Crippen LogP contribution in [0.3, 0.4) is 0 Å². The SMILES string of the molecule is Fc1cc(F)cc([S+](c2cc(F)cc(F)c2)c2cc(F)c(F)c(F)c2)c1. The van der Waals surface area contributed by atoms with E-state index < -0.39 is 51.6 Å². The fourth-order valence-corrected chi connectivity index (χ4v) is 4.53. The molecule has 0 aromatic heterocycles. The highest BCUT2D eigenvalue weighted by atomic mass is 32.2. The summed E-state index contributed by atoms with van der Waals surface area (Å²) in [6, 6.07) is 5.86. The Morgan fingerprint density at radius 1 is 0.423 bits per heavy atom. The molecule has 0 aliphatic carbocycles. The molecule has 26 heavy (non-hydrogen) atoms. The first-order valence-electron chi connectivity index (χ1n) is 7.05. The smallest absolute Gasteiger partial charge is 0.194 e. The maximum absolute atomic E-state index is 13.6. The van der Waals surface area contributed by atoms with Crippen LogP contribution in [0.15, 0.2) is 63.2 Å². The average molecular weight is 389 g/mol. The van der Waals surface area contributed by atoms with Crippen molar-refractivity contribution in [3.63, 3.8) is 0 Å². The molecule has 0 atom stereocenters. The van der Waals surface area contributed by atoms with E-state index in [-0.39, 0.29) is 14.7 Å². The van der Waals surface area contributed by atoms with E-state index in [1.54, 1.807) is 0 Å². The van der Waals surface area contributed by atoms with Crippen molar-refractivity contribution in [2.24, 2.45) is 0 Å². The van der Waals surface area contributed by atoms with Gasteiger partial charge in [-0.1, -0.05) is 0 Å². The Labute approximate surface area is 146 Å². The first kappa shape index (κ1) is 18.3. The summed E-state index contributed by atoms with van der Waals surface area (Å²) >= 11 is 0. The fraction of sp³-hybridized carbons (Fsp3) is 0. The van der Waals surface area contributed by atoms with Crippen molar-refractivity contribution in [3.05, 3.63) is 89.3 Å². The van der Waals surface area contributed by atoms with Crippen LogP contribution in [0.5, 0.6) is 0 Å². The van der Waals surface area contributed by atoms with E-state index in [0.717, 1.165) is 24.3 Å². The molecular weight excluding hydrogens is 381 g/mol. The molecule has 0 unspecified atom stereocenters. The first-order valence-corrected chi connectivity index (χ1v) is 8.28. The quantitative estimate of drug-likeness (QED) is 0.304. The molecule has 0 saturated carbocycles. The van der Waals surface area contributed by atoms with Crippen molar-refractivity contribution in [2.75, 3.05) is 0 Å². The van der Waals surface area contributed by atoms with Gasteiger partial charge in [0.1, 0.15) is 23.3 Å². The zero-order valence-corrected chi connectivity index (χ0v) is 13.5. The van der Waals surface area contributed by atoms with E-state index in [2.05, 4.69) is 0 Å². The second-order valence-corrected chi connectivity index (χ2v) is 7.24. The standard InChI is InChI=1S/C18H8F7S/c19-9-1-10(20)4-13(3-9)26(14-5-11(21)2-12(22)6-14)15-7-16(23)18(25)17(24)8-15/h1-8H/q+1. The summed E-state index contributed by atoms with van der Waals surface area (Å²) in [4.78, 5) is -0.493. The van der Waals surface area contributed by atoms with Crippen LogP contribution in [0.2, 0.25) is 0 Å². The molecule has 0 N–H and O–H groups in total. The minimum Gasteiger partial charge on any atom is -0.207 e. The maximum Gasteiger partial charge on any atom is 0.194 e. The van der Waals surface area contributed by atoms with E-state index in [1.165, 1.54) is 0 Å². The molecule has 0 aliphatic heterocycles. The first-order chi connectivity index (χ1) is 12.2. The van der Waals surface area contributed by atoms with E-state index in [0.29, 0.717) is 24.3 Å². The molecule has 0 fully saturated rings. The van der Waals surface area contributed by atoms with E-state index in [1.807, 2.05) is 0 Å². The largest absolute Gasteiger partial charge is 0.207 e. The molecule has 0 bridgehead atoms. The molecular formula is C18H8F7S+. The van der Waals surface area contributed by atoms with Gasteiger partial charge in [0.25, 0.3) is 0 Å². The van der Waals surface area contributed by atoms with E-state index >= 15 is 0 Å². The third kappa shape index (κ3) is 3.70. The predicted octanol–water partition coefficient (Wildman–Crippen LogP) is 5.76. The number of hydrogen-bond acceptors (Lipinski definition) is 0. The molecule has 0 amide bonds. The van der Waals surface area contributed by atoms with Gasteiger partial charge in [0.2, 0.25) is 0 Å². The maximum atomic E-state index is 13.6. The summed E-state index contributed by atoms with van der Waals surface area (Å²) in [5, 5.41) is 0. The Balaban J connectivity index is 2.28. The molecule has 0 radical (unpaired) electrons. The highest BCUT2D eigenvalue weighted by molar-refractivity contribution is 7.97. The molecule has 3 aromatic carbocycles. The molecule has 0 saturated heterocycles. The van der Waals surface area contributed by atoms with Crippen LogP contribution in [-0.4, -0.2) is 0 Å². The molecule has 3 aromatic rings. The lowest BCUT2D eigenvalue weighted by molar-refractivity contribution is 0.443. The fourth-order valence-electron chi connectivity index (χ4n) is 2.35. The van der Waals surface area contributed by atoms with Crippen molar-refractivity contribution >= 4 is 10.9 Å². The minimum absolute atomic E-state index is 0.127. The summed E-state index contributed by atoms with van der Waals surface area (Å²) in [5.41, 5.74) is 0. The third-order valence-electron chi connectivity index (χ3n) is 3.34. The van der Waals surface area contributed by atoms with Gasteiger partial charge in [-0.3, -0.25) is 0 Å². The van der Waals surface area contributed by atoms with Crippen LogP contribution in [0, 0.1) is 40.7 Å². The lowest BCUT2D eigenvalue weighted by atomic mass is 10.3. The Kier molecular flexibility index (Phi) is 4.95. The summed E-state index contributed by atoms with van der Waals surface area (Å²) in [6.07, 6.45) is 0. The molecule has 0 spiro atoms. The Bertz CT molecular complexity index is 872. The van der Waals surface area contributed by atoms with Gasteiger partial charge in [-0.2, -0.15) is 0 Å². The van der Waals surface area contributed by atoms with Crippen LogP contribution < -0.4 is 0 Å². The van der Waals surface area contributed by atoms with Gasteiger partial charge in [0.15, 0.2) is 32.1 Å². The van der Waals surface area contributed by atoms with Crippen molar-refractivity contribution < 1.29 is 30.7 Å². The summed E-state index contributed by atoms with van der Waals surface area (Å²) < 4.78 is 95.0. The zero-order valence-electron chi connectivity index (χ0n) is 12.7. The van der Waals surface area contributed by atoms with Crippen LogP contribution in [0.4, 0.5) is 30.7 Å². The van der Waals surface area contributed by atoms with Gasteiger partial charge in [0.05, 0.1) is 10.9 Å². The summed E-state index contributed by atoms with van der Waals surface area (Å²) in [5.74, 6) is -8.75.